The van der Waals surface area contributed by atoms with E-state index in [0.717, 1.165) is 5.25 Å². The van der Waals surface area contributed by atoms with E-state index in [1.807, 2.05) is 0 Å². The van der Waals surface area contributed by atoms with Gasteiger partial charge in [-0.25, -0.2) is 0 Å². The number of hydrogen-bond donors (Lipinski definition) is 0. The number of hydrogen-bond acceptors (Lipinski definition) is 1. The third kappa shape index (κ3) is 3.39. The average Bonchev–Trinajstić information content (AvgIpc) is 2.77. The molecule has 0 bridgehead atoms. The fourth-order valence-corrected chi connectivity index (χ4v) is 5.64. The molecule has 2 fully saturated rings. The van der Waals surface area contributed by atoms with Crippen LogP contribution in [0.2, 0.25) is 0 Å². The summed E-state index contributed by atoms with van der Waals surface area (Å²) in [4.78, 5) is 0. The lowest BCUT2D eigenvalue weighted by Crippen LogP contribution is -2.23. The molecule has 0 aromatic carbocycles. The van der Waals surface area contributed by atoms with Crippen molar-refractivity contribution in [3.05, 3.63) is 0 Å². The first-order valence-electron chi connectivity index (χ1n) is 6.52. The van der Waals surface area contributed by atoms with E-state index >= 15 is 0 Å². The summed E-state index contributed by atoms with van der Waals surface area (Å²) in [6, 6.07) is 0. The van der Waals surface area contributed by atoms with Gasteiger partial charge in [-0.15, -0.1) is 0 Å². The van der Waals surface area contributed by atoms with Crippen LogP contribution in [0.25, 0.3) is 0 Å². The van der Waals surface area contributed by atoms with Crippen molar-refractivity contribution in [1.82, 2.24) is 0 Å². The van der Waals surface area contributed by atoms with E-state index in [2.05, 4.69) is 27.7 Å². The molecule has 0 atom stereocenters. The van der Waals surface area contributed by atoms with Crippen LogP contribution in [0.5, 0.6) is 0 Å². The first kappa shape index (κ1) is 12.3. The SMILES string of the molecule is BrCC1(CSC2CCCCC2)CCCC1. The minimum absolute atomic E-state index is 0.669. The first-order valence-corrected chi connectivity index (χ1v) is 8.69. The summed E-state index contributed by atoms with van der Waals surface area (Å²) < 4.78 is 0. The van der Waals surface area contributed by atoms with Crippen LogP contribution in [0.15, 0.2) is 0 Å². The molecule has 0 aliphatic heterocycles. The monoisotopic (exact) mass is 290 g/mol. The molecule has 0 heterocycles. The molecule has 0 nitrogen and oxygen atoms in total. The lowest BCUT2D eigenvalue weighted by molar-refractivity contribution is 0.403. The van der Waals surface area contributed by atoms with Crippen LogP contribution in [-0.2, 0) is 0 Å². The summed E-state index contributed by atoms with van der Waals surface area (Å²) in [5.41, 5.74) is 0.669. The van der Waals surface area contributed by atoms with E-state index in [4.69, 9.17) is 0 Å². The topological polar surface area (TPSA) is 0 Å². The molecule has 0 spiro atoms. The van der Waals surface area contributed by atoms with Crippen LogP contribution >= 0.6 is 27.7 Å². The lowest BCUT2D eigenvalue weighted by atomic mass is 9.92. The van der Waals surface area contributed by atoms with Crippen molar-refractivity contribution in [3.63, 3.8) is 0 Å². The van der Waals surface area contributed by atoms with Crippen molar-refractivity contribution in [1.29, 1.82) is 0 Å². The Labute approximate surface area is 107 Å². The van der Waals surface area contributed by atoms with Gasteiger partial charge < -0.3 is 0 Å². The van der Waals surface area contributed by atoms with Gasteiger partial charge in [-0.3, -0.25) is 0 Å². The highest BCUT2D eigenvalue weighted by atomic mass is 79.9. The maximum atomic E-state index is 3.75. The number of alkyl halides is 1. The number of rotatable bonds is 4. The zero-order chi connectivity index (χ0) is 10.6. The first-order chi connectivity index (χ1) is 7.35. The van der Waals surface area contributed by atoms with E-state index in [9.17, 15) is 0 Å². The van der Waals surface area contributed by atoms with E-state index < -0.39 is 0 Å². The Bertz CT molecular complexity index is 181. The molecule has 0 N–H and O–H groups in total. The maximum Gasteiger partial charge on any atom is 0.00958 e. The van der Waals surface area contributed by atoms with Crippen molar-refractivity contribution in [2.24, 2.45) is 5.41 Å². The van der Waals surface area contributed by atoms with Crippen molar-refractivity contribution in [2.45, 2.75) is 63.0 Å². The van der Waals surface area contributed by atoms with Crippen LogP contribution in [-0.4, -0.2) is 16.3 Å². The normalized spacial score (nSPS) is 27.0. The van der Waals surface area contributed by atoms with Gasteiger partial charge in [0.15, 0.2) is 0 Å². The van der Waals surface area contributed by atoms with E-state index in [-0.39, 0.29) is 0 Å². The van der Waals surface area contributed by atoms with Gasteiger partial charge in [0.05, 0.1) is 0 Å². The molecule has 0 saturated heterocycles. The Kier molecular flexibility index (Phi) is 4.88. The fourth-order valence-electron chi connectivity index (χ4n) is 2.97. The van der Waals surface area contributed by atoms with Gasteiger partial charge in [0, 0.05) is 10.6 Å². The summed E-state index contributed by atoms with van der Waals surface area (Å²) in [5.74, 6) is 1.42. The van der Waals surface area contributed by atoms with Crippen molar-refractivity contribution >= 4 is 27.7 Å². The van der Waals surface area contributed by atoms with Gasteiger partial charge in [0.2, 0.25) is 0 Å². The minimum atomic E-state index is 0.669. The second-order valence-corrected chi connectivity index (χ2v) is 7.26. The quantitative estimate of drug-likeness (QED) is 0.656. The van der Waals surface area contributed by atoms with Crippen LogP contribution in [0.1, 0.15) is 57.8 Å². The van der Waals surface area contributed by atoms with E-state index in [0.29, 0.717) is 5.41 Å². The molecule has 2 heteroatoms. The maximum absolute atomic E-state index is 3.75. The zero-order valence-electron chi connectivity index (χ0n) is 9.64. The van der Waals surface area contributed by atoms with Crippen LogP contribution in [0.3, 0.4) is 0 Å². The summed E-state index contributed by atoms with van der Waals surface area (Å²) >= 11 is 6.03. The summed E-state index contributed by atoms with van der Waals surface area (Å²) in [5, 5.41) is 2.23. The third-order valence-electron chi connectivity index (χ3n) is 4.13. The van der Waals surface area contributed by atoms with Gasteiger partial charge in [-0.1, -0.05) is 48.0 Å². The molecular weight excluding hydrogens is 268 g/mol. The smallest absolute Gasteiger partial charge is 0.00958 e. The molecule has 2 rings (SSSR count). The van der Waals surface area contributed by atoms with Crippen molar-refractivity contribution in [3.8, 4) is 0 Å². The van der Waals surface area contributed by atoms with Gasteiger partial charge in [0.25, 0.3) is 0 Å². The molecule has 88 valence electrons. The average molecular weight is 291 g/mol. The second kappa shape index (κ2) is 5.95. The lowest BCUT2D eigenvalue weighted by Gasteiger charge is -2.29. The van der Waals surface area contributed by atoms with Crippen molar-refractivity contribution in [2.75, 3.05) is 11.1 Å². The molecule has 0 radical (unpaired) electrons. The Morgan fingerprint density at radius 2 is 1.67 bits per heavy atom. The van der Waals surface area contributed by atoms with Crippen LogP contribution in [0, 0.1) is 5.41 Å². The zero-order valence-corrected chi connectivity index (χ0v) is 12.0. The summed E-state index contributed by atoms with van der Waals surface area (Å²) in [6.07, 6.45) is 13.3. The van der Waals surface area contributed by atoms with Gasteiger partial charge in [-0.2, -0.15) is 11.8 Å². The predicted molar refractivity (Wildman–Crippen MR) is 74.0 cm³/mol. The Hall–Kier alpha value is 0.830. The molecule has 0 aromatic rings. The van der Waals surface area contributed by atoms with Crippen LogP contribution in [0.4, 0.5) is 0 Å². The molecule has 0 amide bonds. The Balaban J connectivity index is 1.75. The standard InChI is InChI=1S/C13H23BrS/c14-10-13(8-4-5-9-13)11-15-12-6-2-1-3-7-12/h12H,1-11H2. The highest BCUT2D eigenvalue weighted by molar-refractivity contribution is 9.09. The van der Waals surface area contributed by atoms with Crippen LogP contribution < -0.4 is 0 Å². The molecule has 0 aromatic heterocycles. The minimum Gasteiger partial charge on any atom is -0.158 e. The highest BCUT2D eigenvalue weighted by Gasteiger charge is 2.33. The highest BCUT2D eigenvalue weighted by Crippen LogP contribution is 2.44. The van der Waals surface area contributed by atoms with Gasteiger partial charge in [0.1, 0.15) is 0 Å². The molecule has 2 aliphatic carbocycles. The fraction of sp³-hybridized carbons (Fsp3) is 1.00. The summed E-state index contributed by atoms with van der Waals surface area (Å²) in [7, 11) is 0. The third-order valence-corrected chi connectivity index (χ3v) is 7.04. The number of halogens is 1. The van der Waals surface area contributed by atoms with Crippen molar-refractivity contribution < 1.29 is 0 Å². The molecule has 2 saturated carbocycles. The molecule has 15 heavy (non-hydrogen) atoms. The Morgan fingerprint density at radius 1 is 1.00 bits per heavy atom. The van der Waals surface area contributed by atoms with E-state index in [1.54, 1.807) is 0 Å². The van der Waals surface area contributed by atoms with Gasteiger partial charge >= 0.3 is 0 Å². The Morgan fingerprint density at radius 3 is 2.27 bits per heavy atom. The largest absolute Gasteiger partial charge is 0.158 e. The molecule has 0 unspecified atom stereocenters. The second-order valence-electron chi connectivity index (χ2n) is 5.41. The number of thioether (sulfide) groups is 1. The molecular formula is C13H23BrS. The molecule has 2 aliphatic rings. The van der Waals surface area contributed by atoms with E-state index in [1.165, 1.54) is 68.9 Å². The summed E-state index contributed by atoms with van der Waals surface area (Å²) in [6.45, 7) is 0. The van der Waals surface area contributed by atoms with Gasteiger partial charge in [-0.05, 0) is 36.9 Å². The predicted octanol–water partition coefficient (Wildman–Crippen LogP) is 5.01.